The van der Waals surface area contributed by atoms with Gasteiger partial charge in [0.1, 0.15) is 5.82 Å². The van der Waals surface area contributed by atoms with Crippen molar-refractivity contribution in [2.75, 3.05) is 7.11 Å². The monoisotopic (exact) mass is 240 g/mol. The molecule has 0 bridgehead atoms. The van der Waals surface area contributed by atoms with E-state index in [0.29, 0.717) is 6.42 Å². The molecule has 0 radical (unpaired) electrons. The van der Waals surface area contributed by atoms with Gasteiger partial charge in [-0.05, 0) is 49.9 Å². The summed E-state index contributed by atoms with van der Waals surface area (Å²) in [7, 11) is 1.67. The van der Waals surface area contributed by atoms with Gasteiger partial charge in [0.2, 0.25) is 0 Å². The molecular weight excluding hydrogens is 219 g/mol. The van der Waals surface area contributed by atoms with E-state index >= 15 is 0 Å². The van der Waals surface area contributed by atoms with E-state index in [2.05, 4.69) is 5.43 Å². The summed E-state index contributed by atoms with van der Waals surface area (Å²) in [5.74, 6) is 5.31. The smallest absolute Gasteiger partial charge is 0.123 e. The Morgan fingerprint density at radius 1 is 1.47 bits per heavy atom. The predicted octanol–water partition coefficient (Wildman–Crippen LogP) is 1.93. The lowest BCUT2D eigenvalue weighted by atomic mass is 9.98. The Hall–Kier alpha value is -0.970. The Balaban J connectivity index is 2.69. The highest BCUT2D eigenvalue weighted by Crippen LogP contribution is 2.14. The minimum Gasteiger partial charge on any atom is -0.382 e. The first-order chi connectivity index (χ1) is 8.06. The first-order valence-electron chi connectivity index (χ1n) is 5.80. The Bertz CT molecular complexity index is 357. The van der Waals surface area contributed by atoms with E-state index in [-0.39, 0.29) is 18.0 Å². The summed E-state index contributed by atoms with van der Waals surface area (Å²) in [5.41, 5.74) is 4.82. The highest BCUT2D eigenvalue weighted by atomic mass is 19.1. The maximum atomic E-state index is 13.2. The molecule has 0 heterocycles. The van der Waals surface area contributed by atoms with E-state index in [1.165, 1.54) is 6.07 Å². The van der Waals surface area contributed by atoms with Crippen molar-refractivity contribution in [3.8, 4) is 0 Å². The van der Waals surface area contributed by atoms with E-state index in [9.17, 15) is 4.39 Å². The van der Waals surface area contributed by atoms with Crippen LogP contribution in [-0.2, 0) is 11.2 Å². The van der Waals surface area contributed by atoms with Crippen molar-refractivity contribution in [1.82, 2.24) is 5.43 Å². The van der Waals surface area contributed by atoms with Gasteiger partial charge in [0, 0.05) is 13.2 Å². The molecule has 0 spiro atoms. The number of aryl methyl sites for hydroxylation is 1. The van der Waals surface area contributed by atoms with Gasteiger partial charge in [0.25, 0.3) is 0 Å². The molecule has 0 aromatic heterocycles. The fraction of sp³-hybridized carbons (Fsp3) is 0.538. The fourth-order valence-corrected chi connectivity index (χ4v) is 1.83. The van der Waals surface area contributed by atoms with Crippen LogP contribution in [0, 0.1) is 12.7 Å². The lowest BCUT2D eigenvalue weighted by molar-refractivity contribution is 0.100. The molecule has 96 valence electrons. The highest BCUT2D eigenvalue weighted by Gasteiger charge is 2.13. The number of halogens is 1. The number of hydrogen-bond donors (Lipinski definition) is 2. The SMILES string of the molecule is COC(C)CC(Cc1cc(F)ccc1C)NN. The third-order valence-corrected chi connectivity index (χ3v) is 3.03. The highest BCUT2D eigenvalue weighted by molar-refractivity contribution is 5.27. The van der Waals surface area contributed by atoms with Crippen LogP contribution >= 0.6 is 0 Å². The van der Waals surface area contributed by atoms with Gasteiger partial charge in [0.15, 0.2) is 0 Å². The lowest BCUT2D eigenvalue weighted by Crippen LogP contribution is -2.39. The van der Waals surface area contributed by atoms with Crippen molar-refractivity contribution >= 4 is 0 Å². The molecule has 0 saturated carbocycles. The molecule has 2 atom stereocenters. The molecule has 0 aliphatic rings. The first-order valence-corrected chi connectivity index (χ1v) is 5.80. The maximum absolute atomic E-state index is 13.2. The zero-order valence-electron chi connectivity index (χ0n) is 10.7. The van der Waals surface area contributed by atoms with Crippen LogP contribution in [0.1, 0.15) is 24.5 Å². The number of hydrazine groups is 1. The molecule has 0 amide bonds. The van der Waals surface area contributed by atoms with E-state index in [0.717, 1.165) is 17.5 Å². The molecule has 17 heavy (non-hydrogen) atoms. The van der Waals surface area contributed by atoms with E-state index in [1.807, 2.05) is 13.8 Å². The predicted molar refractivity (Wildman–Crippen MR) is 67.0 cm³/mol. The van der Waals surface area contributed by atoms with E-state index < -0.39 is 0 Å². The van der Waals surface area contributed by atoms with Gasteiger partial charge in [-0.1, -0.05) is 6.07 Å². The second kappa shape index (κ2) is 6.69. The molecule has 1 aromatic rings. The molecule has 1 rings (SSSR count). The van der Waals surface area contributed by atoms with Crippen molar-refractivity contribution in [3.05, 3.63) is 35.1 Å². The quantitative estimate of drug-likeness (QED) is 0.590. The molecule has 4 heteroatoms. The normalized spacial score (nSPS) is 14.6. The van der Waals surface area contributed by atoms with Gasteiger partial charge in [-0.25, -0.2) is 4.39 Å². The number of benzene rings is 1. The third-order valence-electron chi connectivity index (χ3n) is 3.03. The number of hydrogen-bond acceptors (Lipinski definition) is 3. The summed E-state index contributed by atoms with van der Waals surface area (Å²) in [6.07, 6.45) is 1.63. The number of nitrogens with two attached hydrogens (primary N) is 1. The summed E-state index contributed by atoms with van der Waals surface area (Å²) in [4.78, 5) is 0. The summed E-state index contributed by atoms with van der Waals surface area (Å²) in [5, 5.41) is 0. The molecule has 0 aliphatic heterocycles. The van der Waals surface area contributed by atoms with Crippen molar-refractivity contribution in [3.63, 3.8) is 0 Å². The largest absolute Gasteiger partial charge is 0.382 e. The number of nitrogens with one attached hydrogen (secondary N) is 1. The van der Waals surface area contributed by atoms with Crippen LogP contribution < -0.4 is 11.3 Å². The van der Waals surface area contributed by atoms with Gasteiger partial charge in [0.05, 0.1) is 6.10 Å². The molecule has 1 aromatic carbocycles. The maximum Gasteiger partial charge on any atom is 0.123 e. The second-order valence-corrected chi connectivity index (χ2v) is 4.42. The zero-order chi connectivity index (χ0) is 12.8. The second-order valence-electron chi connectivity index (χ2n) is 4.42. The van der Waals surface area contributed by atoms with Crippen LogP contribution in [-0.4, -0.2) is 19.3 Å². The summed E-state index contributed by atoms with van der Waals surface area (Å²) >= 11 is 0. The topological polar surface area (TPSA) is 47.3 Å². The molecular formula is C13H21FN2O. The van der Waals surface area contributed by atoms with Gasteiger partial charge >= 0.3 is 0 Å². The number of methoxy groups -OCH3 is 1. The molecule has 3 nitrogen and oxygen atoms in total. The van der Waals surface area contributed by atoms with Gasteiger partial charge in [-0.2, -0.15) is 0 Å². The Morgan fingerprint density at radius 3 is 2.76 bits per heavy atom. The minimum atomic E-state index is -0.207. The molecule has 0 saturated heterocycles. The average molecular weight is 240 g/mol. The van der Waals surface area contributed by atoms with Gasteiger partial charge < -0.3 is 4.74 Å². The standard InChI is InChI=1S/C13H21FN2O/c1-9-4-5-12(14)7-11(9)8-13(16-15)6-10(2)17-3/h4-5,7,10,13,16H,6,8,15H2,1-3H3. The number of ether oxygens (including phenoxy) is 1. The van der Waals surface area contributed by atoms with Crippen LogP contribution in [0.4, 0.5) is 4.39 Å². The van der Waals surface area contributed by atoms with E-state index in [4.69, 9.17) is 10.6 Å². The lowest BCUT2D eigenvalue weighted by Gasteiger charge is -2.20. The Kier molecular flexibility index (Phi) is 5.55. The number of rotatable bonds is 6. The van der Waals surface area contributed by atoms with Crippen molar-refractivity contribution in [1.29, 1.82) is 0 Å². The molecule has 3 N–H and O–H groups in total. The van der Waals surface area contributed by atoms with E-state index in [1.54, 1.807) is 19.2 Å². The molecule has 0 fully saturated rings. The summed E-state index contributed by atoms with van der Waals surface area (Å²) in [6.45, 7) is 3.96. The van der Waals surface area contributed by atoms with Crippen molar-refractivity contribution in [2.45, 2.75) is 38.8 Å². The summed E-state index contributed by atoms with van der Waals surface area (Å²) < 4.78 is 18.4. The van der Waals surface area contributed by atoms with Crippen LogP contribution in [0.5, 0.6) is 0 Å². The zero-order valence-corrected chi connectivity index (χ0v) is 10.7. The average Bonchev–Trinajstić information content (AvgIpc) is 2.32. The molecule has 2 unspecified atom stereocenters. The van der Waals surface area contributed by atoms with Gasteiger partial charge in [-0.15, -0.1) is 0 Å². The summed E-state index contributed by atoms with van der Waals surface area (Å²) in [6, 6.07) is 4.92. The van der Waals surface area contributed by atoms with Crippen LogP contribution in [0.2, 0.25) is 0 Å². The van der Waals surface area contributed by atoms with Crippen molar-refractivity contribution < 1.29 is 9.13 Å². The Labute approximate surface area is 102 Å². The van der Waals surface area contributed by atoms with Gasteiger partial charge in [-0.3, -0.25) is 11.3 Å². The van der Waals surface area contributed by atoms with Crippen molar-refractivity contribution in [2.24, 2.45) is 5.84 Å². The van der Waals surface area contributed by atoms with Crippen LogP contribution in [0.25, 0.3) is 0 Å². The molecule has 0 aliphatic carbocycles. The third kappa shape index (κ3) is 4.42. The first kappa shape index (κ1) is 14.1. The van der Waals surface area contributed by atoms with Crippen LogP contribution in [0.15, 0.2) is 18.2 Å². The fourth-order valence-electron chi connectivity index (χ4n) is 1.83. The minimum absolute atomic E-state index is 0.0884. The van der Waals surface area contributed by atoms with Crippen LogP contribution in [0.3, 0.4) is 0 Å². The Morgan fingerprint density at radius 2 is 2.18 bits per heavy atom.